The Kier molecular flexibility index (Phi) is 2.15. The van der Waals surface area contributed by atoms with E-state index in [2.05, 4.69) is 9.05 Å². The molecule has 0 aliphatic rings. The molecule has 4 nitrogen and oxygen atoms in total. The SMILES string of the molecule is [2H]C([2H])([2H])OP(=O)(OC([2H])([2H])[2H])C(O)C(Cl)(Cl)Cl. The normalized spacial score (nSPS) is 25.7. The second kappa shape index (κ2) is 4.47. The minimum Gasteiger partial charge on any atom is -0.377 e. The summed E-state index contributed by atoms with van der Waals surface area (Å²) >= 11 is 15.6. The van der Waals surface area contributed by atoms with Gasteiger partial charge in [0.15, 0.2) is 0 Å². The van der Waals surface area contributed by atoms with E-state index in [1.54, 1.807) is 0 Å². The van der Waals surface area contributed by atoms with Crippen molar-refractivity contribution in [3.63, 3.8) is 0 Å². The van der Waals surface area contributed by atoms with Gasteiger partial charge in [-0.05, 0) is 0 Å². The zero-order valence-corrected chi connectivity index (χ0v) is 8.49. The number of aliphatic hydroxyl groups is 1. The first-order chi connectivity index (χ1) is 7.57. The fourth-order valence-corrected chi connectivity index (χ4v) is 1.97. The zero-order valence-electron chi connectivity index (χ0n) is 11.3. The third kappa shape index (κ3) is 3.04. The van der Waals surface area contributed by atoms with E-state index >= 15 is 0 Å². The topological polar surface area (TPSA) is 55.8 Å². The van der Waals surface area contributed by atoms with Gasteiger partial charge >= 0.3 is 7.60 Å². The smallest absolute Gasteiger partial charge is 0.362 e. The predicted octanol–water partition coefficient (Wildman–Crippen LogP) is 2.16. The van der Waals surface area contributed by atoms with Crippen LogP contribution in [0.25, 0.3) is 0 Å². The molecule has 0 aromatic rings. The van der Waals surface area contributed by atoms with E-state index in [9.17, 15) is 9.67 Å². The van der Waals surface area contributed by atoms with Gasteiger partial charge in [-0.15, -0.1) is 0 Å². The Labute approximate surface area is 93.7 Å². The van der Waals surface area contributed by atoms with Gasteiger partial charge in [-0.3, -0.25) is 4.57 Å². The van der Waals surface area contributed by atoms with E-state index in [1.165, 1.54) is 0 Å². The molecular weight excluding hydrogens is 249 g/mol. The van der Waals surface area contributed by atoms with Crippen LogP contribution in [0.1, 0.15) is 8.22 Å². The quantitative estimate of drug-likeness (QED) is 0.626. The summed E-state index contributed by atoms with van der Waals surface area (Å²) in [6.45, 7) is 0. The highest BCUT2D eigenvalue weighted by atomic mass is 35.6. The van der Waals surface area contributed by atoms with Gasteiger partial charge in [0.1, 0.15) is 0 Å². The lowest BCUT2D eigenvalue weighted by Gasteiger charge is -2.24. The van der Waals surface area contributed by atoms with Crippen LogP contribution in [0.5, 0.6) is 0 Å². The van der Waals surface area contributed by atoms with Crippen LogP contribution in [-0.2, 0) is 13.6 Å². The second-order valence-corrected chi connectivity index (χ2v) is 5.94. The summed E-state index contributed by atoms with van der Waals surface area (Å²) in [5.41, 5.74) is 0. The van der Waals surface area contributed by atoms with Gasteiger partial charge in [0, 0.05) is 14.1 Å². The Hall–Kier alpha value is 0.980. The molecular formula is C4H8Cl3O4P. The lowest BCUT2D eigenvalue weighted by atomic mass is 10.8. The van der Waals surface area contributed by atoms with Gasteiger partial charge in [0.05, 0.1) is 8.22 Å². The average molecular weight is 263 g/mol. The molecule has 0 fully saturated rings. The van der Waals surface area contributed by atoms with Gasteiger partial charge in [0.25, 0.3) is 0 Å². The highest BCUT2D eigenvalue weighted by Gasteiger charge is 2.46. The van der Waals surface area contributed by atoms with Crippen molar-refractivity contribution >= 4 is 42.4 Å². The predicted molar refractivity (Wildman–Crippen MR) is 47.9 cm³/mol. The van der Waals surface area contributed by atoms with Crippen LogP contribution in [0.4, 0.5) is 0 Å². The summed E-state index contributed by atoms with van der Waals surface area (Å²) in [7, 11) is -11.8. The lowest BCUT2D eigenvalue weighted by Crippen LogP contribution is -2.26. The largest absolute Gasteiger partial charge is 0.377 e. The maximum atomic E-state index is 11.9. The molecule has 0 amide bonds. The molecule has 0 aromatic carbocycles. The minimum absolute atomic E-state index is 2.59. The van der Waals surface area contributed by atoms with Crippen molar-refractivity contribution in [2.45, 2.75) is 9.64 Å². The first kappa shape index (κ1) is 5.76. The fraction of sp³-hybridized carbons (Fsp3) is 1.00. The van der Waals surface area contributed by atoms with Gasteiger partial charge in [-0.25, -0.2) is 0 Å². The van der Waals surface area contributed by atoms with Crippen molar-refractivity contribution in [1.82, 2.24) is 0 Å². The van der Waals surface area contributed by atoms with Crippen LogP contribution in [-0.4, -0.2) is 28.8 Å². The Morgan fingerprint density at radius 1 is 1.50 bits per heavy atom. The van der Waals surface area contributed by atoms with E-state index in [4.69, 9.17) is 43.0 Å². The Morgan fingerprint density at radius 3 is 2.17 bits per heavy atom. The van der Waals surface area contributed by atoms with Crippen molar-refractivity contribution in [3.8, 4) is 0 Å². The van der Waals surface area contributed by atoms with Gasteiger partial charge in [-0.2, -0.15) is 0 Å². The molecule has 74 valence electrons. The third-order valence-corrected chi connectivity index (χ3v) is 3.42. The summed E-state index contributed by atoms with van der Waals surface area (Å²) in [4.78, 5) is 0. The van der Waals surface area contributed by atoms with E-state index in [-0.39, 0.29) is 0 Å². The molecule has 1 atom stereocenters. The van der Waals surface area contributed by atoms with Crippen molar-refractivity contribution in [3.05, 3.63) is 0 Å². The summed E-state index contributed by atoms with van der Waals surface area (Å²) in [5, 5.41) is 9.42. The molecule has 1 unspecified atom stereocenters. The van der Waals surface area contributed by atoms with E-state index in [0.29, 0.717) is 0 Å². The van der Waals surface area contributed by atoms with Crippen molar-refractivity contribution in [2.75, 3.05) is 14.1 Å². The van der Waals surface area contributed by atoms with Crippen LogP contribution < -0.4 is 0 Å². The van der Waals surface area contributed by atoms with Crippen molar-refractivity contribution in [1.29, 1.82) is 0 Å². The highest BCUT2D eigenvalue weighted by molar-refractivity contribution is 7.54. The average Bonchev–Trinajstić information content (AvgIpc) is 1.92. The van der Waals surface area contributed by atoms with E-state index in [1.807, 2.05) is 0 Å². The molecule has 1 N–H and O–H groups in total. The number of aliphatic hydroxyl groups excluding tert-OH is 1. The number of halogens is 3. The zero-order chi connectivity index (χ0) is 15.0. The van der Waals surface area contributed by atoms with Crippen LogP contribution in [0.3, 0.4) is 0 Å². The molecule has 0 aliphatic heterocycles. The standard InChI is InChI=1S/C4H8Cl3O4P/c1-10-12(9,11-2)3(8)4(5,6)7/h3,8H,1-2H3/i1D3,2D3. The molecule has 0 rings (SSSR count). The maximum absolute atomic E-state index is 11.9. The summed E-state index contributed by atoms with van der Waals surface area (Å²) < 4.78 is 57.5. The molecule has 0 spiro atoms. The lowest BCUT2D eigenvalue weighted by molar-refractivity contribution is 0.176. The molecule has 0 saturated carbocycles. The van der Waals surface area contributed by atoms with E-state index < -0.39 is 31.3 Å². The molecule has 0 aromatic heterocycles. The van der Waals surface area contributed by atoms with Gasteiger partial charge in [0.2, 0.25) is 9.64 Å². The van der Waals surface area contributed by atoms with E-state index in [0.717, 1.165) is 0 Å². The van der Waals surface area contributed by atoms with Crippen LogP contribution in [0.15, 0.2) is 0 Å². The molecule has 0 aliphatic carbocycles. The fourth-order valence-electron chi connectivity index (χ4n) is 0.298. The molecule has 8 heteroatoms. The first-order valence-electron chi connectivity index (χ1n) is 5.33. The Balaban J connectivity index is 5.37. The molecule has 0 radical (unpaired) electrons. The van der Waals surface area contributed by atoms with Crippen LogP contribution >= 0.6 is 42.4 Å². The highest BCUT2D eigenvalue weighted by Crippen LogP contribution is 2.57. The van der Waals surface area contributed by atoms with Crippen molar-refractivity contribution < 1.29 is 26.9 Å². The second-order valence-electron chi connectivity index (χ2n) is 1.64. The maximum Gasteiger partial charge on any atom is 0.362 e. The molecule has 12 heavy (non-hydrogen) atoms. The Bertz CT molecular complexity index is 317. The Morgan fingerprint density at radius 2 is 1.92 bits per heavy atom. The monoisotopic (exact) mass is 262 g/mol. The minimum atomic E-state index is -5.14. The van der Waals surface area contributed by atoms with Crippen molar-refractivity contribution in [2.24, 2.45) is 0 Å². The van der Waals surface area contributed by atoms with Crippen LogP contribution in [0, 0.1) is 0 Å². The van der Waals surface area contributed by atoms with Crippen LogP contribution in [0.2, 0.25) is 0 Å². The summed E-state index contributed by atoms with van der Waals surface area (Å²) in [6, 6.07) is 0. The van der Waals surface area contributed by atoms with Gasteiger partial charge < -0.3 is 14.2 Å². The molecule has 0 bridgehead atoms. The molecule has 0 heterocycles. The van der Waals surface area contributed by atoms with Gasteiger partial charge in [-0.1, -0.05) is 34.8 Å². The summed E-state index contributed by atoms with van der Waals surface area (Å²) in [6.07, 6.45) is 0. The number of hydrogen-bond donors (Lipinski definition) is 1. The summed E-state index contributed by atoms with van der Waals surface area (Å²) in [5.74, 6) is -2.59. The number of hydrogen-bond acceptors (Lipinski definition) is 4. The first-order valence-corrected chi connectivity index (χ1v) is 5.07. The number of rotatable bonds is 3. The molecule has 0 saturated heterocycles. The third-order valence-electron chi connectivity index (χ3n) is 0.847. The number of alkyl halides is 3.